The Morgan fingerprint density at radius 1 is 1.29 bits per heavy atom. The van der Waals surface area contributed by atoms with Crippen LogP contribution in [-0.4, -0.2) is 43.7 Å². The molecule has 0 radical (unpaired) electrons. The standard InChI is InChI=1S/C11H24N2O2S2/c1-2-7-15-8-3-6-13-11(14)4-9-16-17-10-5-12/h2-10,12H2,1H3,(H,13,14). The lowest BCUT2D eigenvalue weighted by atomic mass is 10.4. The maximum atomic E-state index is 11.4. The molecule has 0 heterocycles. The summed E-state index contributed by atoms with van der Waals surface area (Å²) >= 11 is 0. The van der Waals surface area contributed by atoms with Crippen molar-refractivity contribution in [2.24, 2.45) is 5.73 Å². The number of rotatable bonds is 12. The lowest BCUT2D eigenvalue weighted by molar-refractivity contribution is -0.120. The molecule has 0 saturated heterocycles. The highest BCUT2D eigenvalue weighted by Crippen LogP contribution is 2.20. The fourth-order valence-electron chi connectivity index (χ4n) is 1.04. The third kappa shape index (κ3) is 14.0. The Morgan fingerprint density at radius 3 is 2.76 bits per heavy atom. The molecular weight excluding hydrogens is 256 g/mol. The van der Waals surface area contributed by atoms with Crippen LogP contribution in [0.15, 0.2) is 0 Å². The molecule has 0 aliphatic rings. The minimum Gasteiger partial charge on any atom is -0.381 e. The van der Waals surface area contributed by atoms with Gasteiger partial charge in [-0.25, -0.2) is 0 Å². The summed E-state index contributed by atoms with van der Waals surface area (Å²) in [7, 11) is 3.43. The minimum atomic E-state index is 0.126. The largest absolute Gasteiger partial charge is 0.381 e. The van der Waals surface area contributed by atoms with Crippen LogP contribution in [0.1, 0.15) is 26.2 Å². The maximum absolute atomic E-state index is 11.4. The van der Waals surface area contributed by atoms with Gasteiger partial charge in [-0.1, -0.05) is 28.5 Å². The van der Waals surface area contributed by atoms with Crippen molar-refractivity contribution >= 4 is 27.5 Å². The third-order valence-corrected chi connectivity index (χ3v) is 4.27. The normalized spacial score (nSPS) is 10.5. The summed E-state index contributed by atoms with van der Waals surface area (Å²) in [6.45, 7) is 5.03. The Labute approximate surface area is 112 Å². The molecule has 0 atom stereocenters. The number of ether oxygens (including phenoxy) is 1. The topological polar surface area (TPSA) is 64.3 Å². The van der Waals surface area contributed by atoms with Crippen molar-refractivity contribution in [3.8, 4) is 0 Å². The van der Waals surface area contributed by atoms with E-state index < -0.39 is 0 Å². The fourth-order valence-corrected chi connectivity index (χ4v) is 2.88. The van der Waals surface area contributed by atoms with E-state index in [0.717, 1.165) is 37.6 Å². The molecule has 0 bridgehead atoms. The molecule has 0 aromatic rings. The van der Waals surface area contributed by atoms with Gasteiger partial charge in [0.05, 0.1) is 0 Å². The SMILES string of the molecule is CCCOCCCNC(=O)CCSSCCN. The van der Waals surface area contributed by atoms with Gasteiger partial charge < -0.3 is 15.8 Å². The molecule has 6 heteroatoms. The van der Waals surface area contributed by atoms with E-state index in [2.05, 4.69) is 12.2 Å². The molecule has 0 spiro atoms. The summed E-state index contributed by atoms with van der Waals surface area (Å²) < 4.78 is 5.32. The van der Waals surface area contributed by atoms with Crippen molar-refractivity contribution in [3.05, 3.63) is 0 Å². The van der Waals surface area contributed by atoms with E-state index in [9.17, 15) is 4.79 Å². The van der Waals surface area contributed by atoms with E-state index in [1.54, 1.807) is 21.6 Å². The Kier molecular flexibility index (Phi) is 14.2. The Bertz CT molecular complexity index is 183. The van der Waals surface area contributed by atoms with Crippen LogP contribution in [0.5, 0.6) is 0 Å². The van der Waals surface area contributed by atoms with Crippen molar-refractivity contribution < 1.29 is 9.53 Å². The van der Waals surface area contributed by atoms with E-state index in [1.165, 1.54) is 0 Å². The molecule has 0 rings (SSSR count). The lowest BCUT2D eigenvalue weighted by Crippen LogP contribution is -2.25. The minimum absolute atomic E-state index is 0.126. The molecule has 0 saturated carbocycles. The first-order valence-electron chi connectivity index (χ1n) is 6.10. The van der Waals surface area contributed by atoms with Gasteiger partial charge in [0.15, 0.2) is 0 Å². The highest BCUT2D eigenvalue weighted by molar-refractivity contribution is 8.76. The van der Waals surface area contributed by atoms with Gasteiger partial charge in [0.1, 0.15) is 0 Å². The third-order valence-electron chi connectivity index (χ3n) is 1.83. The van der Waals surface area contributed by atoms with Gasteiger partial charge >= 0.3 is 0 Å². The lowest BCUT2D eigenvalue weighted by Gasteiger charge is -2.05. The van der Waals surface area contributed by atoms with Crippen LogP contribution in [0.4, 0.5) is 0 Å². The van der Waals surface area contributed by atoms with Crippen LogP contribution < -0.4 is 11.1 Å². The summed E-state index contributed by atoms with van der Waals surface area (Å²) in [5.41, 5.74) is 5.36. The van der Waals surface area contributed by atoms with E-state index in [-0.39, 0.29) is 5.91 Å². The van der Waals surface area contributed by atoms with Gasteiger partial charge in [-0.3, -0.25) is 4.79 Å². The highest BCUT2D eigenvalue weighted by Gasteiger charge is 2.00. The highest BCUT2D eigenvalue weighted by atomic mass is 33.1. The molecule has 0 unspecified atom stereocenters. The Morgan fingerprint density at radius 2 is 2.06 bits per heavy atom. The first-order chi connectivity index (χ1) is 8.31. The van der Waals surface area contributed by atoms with E-state index in [0.29, 0.717) is 19.5 Å². The second-order valence-corrected chi connectivity index (χ2v) is 6.20. The second kappa shape index (κ2) is 14.2. The molecule has 0 aromatic heterocycles. The van der Waals surface area contributed by atoms with Gasteiger partial charge in [0.25, 0.3) is 0 Å². The van der Waals surface area contributed by atoms with Crippen LogP contribution in [0, 0.1) is 0 Å². The van der Waals surface area contributed by atoms with Gasteiger partial charge in [-0.15, -0.1) is 0 Å². The summed E-state index contributed by atoms with van der Waals surface area (Å²) in [6, 6.07) is 0. The molecule has 17 heavy (non-hydrogen) atoms. The predicted octanol–water partition coefficient (Wildman–Crippen LogP) is 1.65. The van der Waals surface area contributed by atoms with Gasteiger partial charge in [0, 0.05) is 44.2 Å². The Balaban J connectivity index is 3.12. The molecule has 0 aromatic carbocycles. The quantitative estimate of drug-likeness (QED) is 0.420. The number of hydrogen-bond donors (Lipinski definition) is 2. The van der Waals surface area contributed by atoms with Crippen molar-refractivity contribution in [1.29, 1.82) is 0 Å². The van der Waals surface area contributed by atoms with Crippen LogP contribution >= 0.6 is 21.6 Å². The first kappa shape index (κ1) is 17.1. The monoisotopic (exact) mass is 280 g/mol. The number of hydrogen-bond acceptors (Lipinski definition) is 5. The average Bonchev–Trinajstić information content (AvgIpc) is 2.33. The van der Waals surface area contributed by atoms with E-state index in [1.807, 2.05) is 0 Å². The van der Waals surface area contributed by atoms with Crippen LogP contribution in [0.2, 0.25) is 0 Å². The molecular formula is C11H24N2O2S2. The number of amides is 1. The van der Waals surface area contributed by atoms with Crippen molar-refractivity contribution in [3.63, 3.8) is 0 Å². The van der Waals surface area contributed by atoms with Crippen molar-refractivity contribution in [2.45, 2.75) is 26.2 Å². The zero-order valence-electron chi connectivity index (χ0n) is 10.6. The van der Waals surface area contributed by atoms with Crippen molar-refractivity contribution in [2.75, 3.05) is 37.8 Å². The van der Waals surface area contributed by atoms with Crippen LogP contribution in [0.25, 0.3) is 0 Å². The molecule has 0 fully saturated rings. The van der Waals surface area contributed by atoms with Gasteiger partial charge in [0.2, 0.25) is 5.91 Å². The maximum Gasteiger partial charge on any atom is 0.220 e. The van der Waals surface area contributed by atoms with Crippen LogP contribution in [-0.2, 0) is 9.53 Å². The van der Waals surface area contributed by atoms with E-state index >= 15 is 0 Å². The van der Waals surface area contributed by atoms with E-state index in [4.69, 9.17) is 10.5 Å². The molecule has 4 nitrogen and oxygen atoms in total. The zero-order valence-corrected chi connectivity index (χ0v) is 12.2. The molecule has 0 aliphatic carbocycles. The van der Waals surface area contributed by atoms with Gasteiger partial charge in [-0.05, 0) is 12.8 Å². The summed E-state index contributed by atoms with van der Waals surface area (Å²) in [6.07, 6.45) is 2.52. The van der Waals surface area contributed by atoms with Crippen molar-refractivity contribution in [1.82, 2.24) is 5.32 Å². The number of carbonyl (C=O) groups excluding carboxylic acids is 1. The zero-order chi connectivity index (χ0) is 12.8. The summed E-state index contributed by atoms with van der Waals surface area (Å²) in [5, 5.41) is 2.88. The molecule has 1 amide bonds. The smallest absolute Gasteiger partial charge is 0.220 e. The van der Waals surface area contributed by atoms with Gasteiger partial charge in [-0.2, -0.15) is 0 Å². The number of carbonyl (C=O) groups is 1. The number of nitrogens with one attached hydrogen (secondary N) is 1. The molecule has 0 aliphatic heterocycles. The first-order valence-corrected chi connectivity index (χ1v) is 8.59. The molecule has 3 N–H and O–H groups in total. The molecule has 102 valence electrons. The summed E-state index contributed by atoms with van der Waals surface area (Å²) in [5.74, 6) is 1.92. The fraction of sp³-hybridized carbons (Fsp3) is 0.909. The van der Waals surface area contributed by atoms with Crippen LogP contribution in [0.3, 0.4) is 0 Å². The Hall–Kier alpha value is 0.0900. The predicted molar refractivity (Wildman–Crippen MR) is 77.3 cm³/mol. The number of nitrogens with two attached hydrogens (primary N) is 1. The summed E-state index contributed by atoms with van der Waals surface area (Å²) in [4.78, 5) is 11.4. The average molecular weight is 280 g/mol. The second-order valence-electron chi connectivity index (χ2n) is 3.50.